The van der Waals surface area contributed by atoms with E-state index in [4.69, 9.17) is 4.74 Å². The lowest BCUT2D eigenvalue weighted by Crippen LogP contribution is -2.45. The summed E-state index contributed by atoms with van der Waals surface area (Å²) in [4.78, 5) is 0. The summed E-state index contributed by atoms with van der Waals surface area (Å²) in [5, 5.41) is 0. The highest BCUT2D eigenvalue weighted by atomic mass is 32.2. The van der Waals surface area contributed by atoms with E-state index in [1.807, 2.05) is 11.8 Å². The molecule has 0 N–H and O–H groups in total. The first-order chi connectivity index (χ1) is 6.49. The van der Waals surface area contributed by atoms with Crippen LogP contribution >= 0.6 is 11.8 Å². The molecule has 1 nitrogen and oxygen atoms in total. The molecule has 1 heterocycles. The summed E-state index contributed by atoms with van der Waals surface area (Å²) >= 11 is 1.86. The molecule has 0 aromatic heterocycles. The topological polar surface area (TPSA) is 9.23 Å². The van der Waals surface area contributed by atoms with Crippen LogP contribution in [0.2, 0.25) is 0 Å². The predicted octanol–water partition coefficient (Wildman–Crippen LogP) is 3.64. The highest BCUT2D eigenvalue weighted by molar-refractivity contribution is 7.99. The van der Waals surface area contributed by atoms with Gasteiger partial charge in [-0.15, -0.1) is 11.8 Å². The van der Waals surface area contributed by atoms with Crippen LogP contribution in [0.4, 0.5) is 0 Å². The van der Waals surface area contributed by atoms with E-state index in [1.54, 1.807) is 0 Å². The second-order valence-electron chi connectivity index (χ2n) is 5.03. The van der Waals surface area contributed by atoms with Gasteiger partial charge in [0.1, 0.15) is 5.44 Å². The van der Waals surface area contributed by atoms with Crippen LogP contribution in [0.15, 0.2) is 0 Å². The molecule has 5 unspecified atom stereocenters. The number of thioether (sulfide) groups is 1. The van der Waals surface area contributed by atoms with Gasteiger partial charge in [0, 0.05) is 0 Å². The number of rotatable bonds is 2. The first kappa shape index (κ1) is 12.4. The summed E-state index contributed by atoms with van der Waals surface area (Å²) in [6.45, 7) is 11.6. The quantitative estimate of drug-likeness (QED) is 0.697. The first-order valence-corrected chi connectivity index (χ1v) is 6.96. The van der Waals surface area contributed by atoms with Gasteiger partial charge in [-0.1, -0.05) is 34.6 Å². The van der Waals surface area contributed by atoms with E-state index in [0.717, 1.165) is 5.92 Å². The minimum absolute atomic E-state index is 0.397. The van der Waals surface area contributed by atoms with Crippen LogP contribution in [0.1, 0.15) is 34.6 Å². The van der Waals surface area contributed by atoms with Gasteiger partial charge in [0.05, 0.1) is 6.10 Å². The van der Waals surface area contributed by atoms with Crippen molar-refractivity contribution in [3.05, 3.63) is 0 Å². The minimum atomic E-state index is 0.397. The van der Waals surface area contributed by atoms with Crippen molar-refractivity contribution in [2.45, 2.75) is 46.2 Å². The Morgan fingerprint density at radius 2 is 1.57 bits per heavy atom. The highest BCUT2D eigenvalue weighted by Gasteiger charge is 2.39. The van der Waals surface area contributed by atoms with Crippen molar-refractivity contribution in [2.75, 3.05) is 6.26 Å². The lowest BCUT2D eigenvalue weighted by molar-refractivity contribution is -0.113. The van der Waals surface area contributed by atoms with E-state index in [2.05, 4.69) is 40.9 Å². The molecule has 0 aromatic carbocycles. The van der Waals surface area contributed by atoms with E-state index in [1.165, 1.54) is 0 Å². The molecule has 1 aliphatic rings. The SMILES string of the molecule is CSC1OC(C(C)C)C(C)C(C)C1C. The summed E-state index contributed by atoms with van der Waals surface area (Å²) in [7, 11) is 0. The maximum Gasteiger partial charge on any atom is 0.106 e. The molecule has 0 saturated carbocycles. The van der Waals surface area contributed by atoms with E-state index in [0.29, 0.717) is 29.3 Å². The lowest BCUT2D eigenvalue weighted by Gasteiger charge is -2.44. The van der Waals surface area contributed by atoms with Crippen molar-refractivity contribution < 1.29 is 4.74 Å². The third kappa shape index (κ3) is 2.27. The summed E-state index contributed by atoms with van der Waals surface area (Å²) in [5.74, 6) is 2.77. The van der Waals surface area contributed by atoms with Crippen molar-refractivity contribution in [2.24, 2.45) is 23.7 Å². The number of hydrogen-bond donors (Lipinski definition) is 0. The second-order valence-corrected chi connectivity index (χ2v) is 5.96. The number of hydrogen-bond acceptors (Lipinski definition) is 2. The smallest absolute Gasteiger partial charge is 0.106 e. The zero-order valence-electron chi connectivity index (χ0n) is 10.3. The molecule has 2 heteroatoms. The van der Waals surface area contributed by atoms with Gasteiger partial charge in [-0.05, 0) is 29.9 Å². The van der Waals surface area contributed by atoms with Crippen LogP contribution in [0, 0.1) is 23.7 Å². The highest BCUT2D eigenvalue weighted by Crippen LogP contribution is 2.40. The maximum absolute atomic E-state index is 6.15. The lowest BCUT2D eigenvalue weighted by atomic mass is 9.77. The Hall–Kier alpha value is 0.310. The molecule has 0 radical (unpaired) electrons. The standard InChI is InChI=1S/C12H24OS/c1-7(2)11-9(4)8(3)10(5)12(13-11)14-6/h7-12H,1-6H3. The van der Waals surface area contributed by atoms with Gasteiger partial charge in [0.25, 0.3) is 0 Å². The average Bonchev–Trinajstić information content (AvgIpc) is 2.14. The van der Waals surface area contributed by atoms with E-state index < -0.39 is 0 Å². The summed E-state index contributed by atoms with van der Waals surface area (Å²) in [6.07, 6.45) is 2.60. The van der Waals surface area contributed by atoms with Crippen molar-refractivity contribution in [3.8, 4) is 0 Å². The number of ether oxygens (including phenoxy) is 1. The van der Waals surface area contributed by atoms with Crippen LogP contribution in [-0.2, 0) is 4.74 Å². The first-order valence-electron chi connectivity index (χ1n) is 5.67. The van der Waals surface area contributed by atoms with Crippen LogP contribution < -0.4 is 0 Å². The third-order valence-electron chi connectivity index (χ3n) is 3.79. The molecule has 0 bridgehead atoms. The van der Waals surface area contributed by atoms with Crippen LogP contribution in [0.3, 0.4) is 0 Å². The largest absolute Gasteiger partial charge is 0.364 e. The van der Waals surface area contributed by atoms with Crippen molar-refractivity contribution >= 4 is 11.8 Å². The summed E-state index contributed by atoms with van der Waals surface area (Å²) in [5.41, 5.74) is 0.397. The van der Waals surface area contributed by atoms with Crippen LogP contribution in [0.5, 0.6) is 0 Å². The Bertz CT molecular complexity index is 179. The normalized spacial score (nSPS) is 44.4. The molecule has 0 aromatic rings. The Balaban J connectivity index is 2.73. The molecule has 14 heavy (non-hydrogen) atoms. The fourth-order valence-electron chi connectivity index (χ4n) is 2.46. The van der Waals surface area contributed by atoms with Gasteiger partial charge in [0.2, 0.25) is 0 Å². The molecular weight excluding hydrogens is 192 g/mol. The zero-order chi connectivity index (χ0) is 10.9. The van der Waals surface area contributed by atoms with E-state index >= 15 is 0 Å². The van der Waals surface area contributed by atoms with E-state index in [9.17, 15) is 0 Å². The fourth-order valence-corrected chi connectivity index (χ4v) is 3.38. The van der Waals surface area contributed by atoms with Crippen molar-refractivity contribution in [3.63, 3.8) is 0 Å². The minimum Gasteiger partial charge on any atom is -0.364 e. The Kier molecular flexibility index (Phi) is 4.32. The molecule has 0 spiro atoms. The van der Waals surface area contributed by atoms with Gasteiger partial charge >= 0.3 is 0 Å². The summed E-state index contributed by atoms with van der Waals surface area (Å²) < 4.78 is 6.15. The Labute approximate surface area is 93.0 Å². The molecule has 0 aliphatic carbocycles. The molecule has 1 aliphatic heterocycles. The van der Waals surface area contributed by atoms with Crippen LogP contribution in [-0.4, -0.2) is 17.8 Å². The van der Waals surface area contributed by atoms with Gasteiger partial charge < -0.3 is 4.74 Å². The Morgan fingerprint density at radius 3 is 2.00 bits per heavy atom. The Morgan fingerprint density at radius 1 is 1.00 bits per heavy atom. The monoisotopic (exact) mass is 216 g/mol. The molecule has 5 atom stereocenters. The van der Waals surface area contributed by atoms with Gasteiger partial charge in [-0.2, -0.15) is 0 Å². The molecule has 1 saturated heterocycles. The zero-order valence-corrected chi connectivity index (χ0v) is 11.1. The maximum atomic E-state index is 6.15. The van der Waals surface area contributed by atoms with Gasteiger partial charge in [0.15, 0.2) is 0 Å². The molecule has 0 amide bonds. The second kappa shape index (κ2) is 4.89. The van der Waals surface area contributed by atoms with E-state index in [-0.39, 0.29) is 0 Å². The molecular formula is C12H24OS. The fraction of sp³-hybridized carbons (Fsp3) is 1.00. The molecule has 1 rings (SSSR count). The predicted molar refractivity (Wildman–Crippen MR) is 64.5 cm³/mol. The average molecular weight is 216 g/mol. The van der Waals surface area contributed by atoms with Crippen molar-refractivity contribution in [1.29, 1.82) is 0 Å². The molecule has 1 fully saturated rings. The van der Waals surface area contributed by atoms with Gasteiger partial charge in [-0.25, -0.2) is 0 Å². The van der Waals surface area contributed by atoms with Gasteiger partial charge in [-0.3, -0.25) is 0 Å². The van der Waals surface area contributed by atoms with Crippen LogP contribution in [0.25, 0.3) is 0 Å². The van der Waals surface area contributed by atoms with Crippen molar-refractivity contribution in [1.82, 2.24) is 0 Å². The molecule has 84 valence electrons. The third-order valence-corrected chi connectivity index (χ3v) is 4.79. The summed E-state index contributed by atoms with van der Waals surface area (Å²) in [6, 6.07) is 0.